The summed E-state index contributed by atoms with van der Waals surface area (Å²) in [6.45, 7) is 5.79. The van der Waals surface area contributed by atoms with Crippen LogP contribution in [0.15, 0.2) is 24.3 Å². The van der Waals surface area contributed by atoms with Gasteiger partial charge in [0.15, 0.2) is 0 Å². The van der Waals surface area contributed by atoms with Crippen LogP contribution in [-0.4, -0.2) is 14.9 Å². The SMILES string of the molecule is CCC(O)c1ccc(-n2nc(C)c(Cl)c2C)cc1. The minimum atomic E-state index is -0.400. The number of nitrogens with zero attached hydrogens (tertiary/aromatic N) is 2. The number of aromatic nitrogens is 2. The number of hydrogen-bond donors (Lipinski definition) is 1. The van der Waals surface area contributed by atoms with Gasteiger partial charge in [-0.05, 0) is 38.0 Å². The van der Waals surface area contributed by atoms with Crippen molar-refractivity contribution in [3.05, 3.63) is 46.2 Å². The third-order valence-corrected chi connectivity index (χ3v) is 3.66. The van der Waals surface area contributed by atoms with E-state index in [0.717, 1.165) is 22.6 Å². The zero-order chi connectivity index (χ0) is 13.3. The molecule has 0 radical (unpaired) electrons. The molecule has 1 N–H and O–H groups in total. The summed E-state index contributed by atoms with van der Waals surface area (Å²) < 4.78 is 1.82. The second-order valence-electron chi connectivity index (χ2n) is 4.41. The van der Waals surface area contributed by atoms with E-state index in [9.17, 15) is 5.11 Å². The molecule has 0 amide bonds. The Morgan fingerprint density at radius 1 is 1.28 bits per heavy atom. The third-order valence-electron chi connectivity index (χ3n) is 3.11. The summed E-state index contributed by atoms with van der Waals surface area (Å²) in [6.07, 6.45) is 0.313. The van der Waals surface area contributed by atoms with Crippen LogP contribution in [0.5, 0.6) is 0 Å². The van der Waals surface area contributed by atoms with Crippen LogP contribution in [0.3, 0.4) is 0 Å². The van der Waals surface area contributed by atoms with Crippen LogP contribution in [0.2, 0.25) is 5.02 Å². The van der Waals surface area contributed by atoms with Crippen molar-refractivity contribution in [3.8, 4) is 5.69 Å². The second kappa shape index (κ2) is 5.12. The first-order valence-corrected chi connectivity index (χ1v) is 6.42. The summed E-state index contributed by atoms with van der Waals surface area (Å²) in [5, 5.41) is 14.8. The van der Waals surface area contributed by atoms with Crippen molar-refractivity contribution >= 4 is 11.6 Å². The fourth-order valence-corrected chi connectivity index (χ4v) is 2.07. The normalized spacial score (nSPS) is 12.7. The van der Waals surface area contributed by atoms with E-state index in [2.05, 4.69) is 5.10 Å². The topological polar surface area (TPSA) is 38.0 Å². The van der Waals surface area contributed by atoms with Crippen LogP contribution < -0.4 is 0 Å². The van der Waals surface area contributed by atoms with Gasteiger partial charge in [-0.25, -0.2) is 4.68 Å². The lowest BCUT2D eigenvalue weighted by molar-refractivity contribution is 0.173. The van der Waals surface area contributed by atoms with Gasteiger partial charge in [-0.15, -0.1) is 0 Å². The zero-order valence-corrected chi connectivity index (χ0v) is 11.6. The van der Waals surface area contributed by atoms with Gasteiger partial charge in [0, 0.05) is 0 Å². The van der Waals surface area contributed by atoms with E-state index in [-0.39, 0.29) is 0 Å². The van der Waals surface area contributed by atoms with Crippen LogP contribution in [0, 0.1) is 13.8 Å². The average Bonchev–Trinajstić information content (AvgIpc) is 2.66. The predicted octanol–water partition coefficient (Wildman–Crippen LogP) is 3.59. The monoisotopic (exact) mass is 264 g/mol. The van der Waals surface area contributed by atoms with Crippen LogP contribution in [0.4, 0.5) is 0 Å². The summed E-state index contributed by atoms with van der Waals surface area (Å²) >= 11 is 6.13. The molecule has 0 saturated carbocycles. The summed E-state index contributed by atoms with van der Waals surface area (Å²) in [4.78, 5) is 0. The van der Waals surface area contributed by atoms with Gasteiger partial charge in [0.1, 0.15) is 0 Å². The van der Waals surface area contributed by atoms with Crippen molar-refractivity contribution in [2.24, 2.45) is 0 Å². The molecule has 1 aromatic carbocycles. The largest absolute Gasteiger partial charge is 0.388 e. The molecule has 1 atom stereocenters. The lowest BCUT2D eigenvalue weighted by Gasteiger charge is -2.09. The van der Waals surface area contributed by atoms with Crippen molar-refractivity contribution in [1.29, 1.82) is 0 Å². The highest BCUT2D eigenvalue weighted by atomic mass is 35.5. The molecule has 0 aliphatic carbocycles. The van der Waals surface area contributed by atoms with Gasteiger partial charge >= 0.3 is 0 Å². The second-order valence-corrected chi connectivity index (χ2v) is 4.79. The Balaban J connectivity index is 2.37. The molecule has 96 valence electrons. The highest BCUT2D eigenvalue weighted by molar-refractivity contribution is 6.31. The molecule has 2 rings (SSSR count). The molecule has 0 spiro atoms. The molecule has 4 heteroatoms. The highest BCUT2D eigenvalue weighted by Gasteiger charge is 2.11. The number of aliphatic hydroxyl groups excluding tert-OH is 1. The van der Waals surface area contributed by atoms with E-state index in [4.69, 9.17) is 11.6 Å². The van der Waals surface area contributed by atoms with Crippen molar-refractivity contribution in [3.63, 3.8) is 0 Å². The van der Waals surface area contributed by atoms with Crippen molar-refractivity contribution < 1.29 is 5.11 Å². The van der Waals surface area contributed by atoms with Crippen LogP contribution in [0.1, 0.15) is 36.4 Å². The Morgan fingerprint density at radius 2 is 1.89 bits per heavy atom. The number of aliphatic hydroxyl groups is 1. The van der Waals surface area contributed by atoms with Gasteiger partial charge in [-0.1, -0.05) is 30.7 Å². The Kier molecular flexibility index (Phi) is 3.73. The van der Waals surface area contributed by atoms with Crippen LogP contribution in [-0.2, 0) is 0 Å². The average molecular weight is 265 g/mol. The number of halogens is 1. The molecule has 0 aliphatic heterocycles. The maximum Gasteiger partial charge on any atom is 0.0848 e. The lowest BCUT2D eigenvalue weighted by Crippen LogP contribution is -2.00. The molecule has 0 bridgehead atoms. The summed E-state index contributed by atoms with van der Waals surface area (Å²) in [5.74, 6) is 0. The van der Waals surface area contributed by atoms with Gasteiger partial charge < -0.3 is 5.11 Å². The first-order valence-electron chi connectivity index (χ1n) is 6.04. The molecule has 1 unspecified atom stereocenters. The zero-order valence-electron chi connectivity index (χ0n) is 10.8. The summed E-state index contributed by atoms with van der Waals surface area (Å²) in [5.41, 5.74) is 3.63. The predicted molar refractivity (Wildman–Crippen MR) is 73.3 cm³/mol. The number of benzene rings is 1. The standard InChI is InChI=1S/C14H17ClN2O/c1-4-13(18)11-5-7-12(8-6-11)17-10(3)14(15)9(2)16-17/h5-8,13,18H,4H2,1-3H3. The first kappa shape index (κ1) is 13.1. The fraction of sp³-hybridized carbons (Fsp3) is 0.357. The molecule has 2 aromatic rings. The van der Waals surface area contributed by atoms with Gasteiger partial charge in [-0.2, -0.15) is 5.10 Å². The molecular weight excluding hydrogens is 248 g/mol. The minimum Gasteiger partial charge on any atom is -0.388 e. The van der Waals surface area contributed by atoms with E-state index in [0.29, 0.717) is 11.4 Å². The van der Waals surface area contributed by atoms with Crippen LogP contribution in [0.25, 0.3) is 5.69 Å². The number of hydrogen-bond acceptors (Lipinski definition) is 2. The van der Waals surface area contributed by atoms with Crippen molar-refractivity contribution in [1.82, 2.24) is 9.78 Å². The van der Waals surface area contributed by atoms with Crippen molar-refractivity contribution in [2.75, 3.05) is 0 Å². The Labute approximate surface area is 112 Å². The third kappa shape index (κ3) is 2.28. The quantitative estimate of drug-likeness (QED) is 0.920. The molecule has 18 heavy (non-hydrogen) atoms. The maximum absolute atomic E-state index is 9.75. The smallest absolute Gasteiger partial charge is 0.0848 e. The van der Waals surface area contributed by atoms with E-state index in [1.807, 2.05) is 49.7 Å². The molecular formula is C14H17ClN2O. The van der Waals surface area contributed by atoms with Gasteiger partial charge in [-0.3, -0.25) is 0 Å². The molecule has 1 heterocycles. The Hall–Kier alpha value is -1.32. The molecule has 0 aliphatic rings. The highest BCUT2D eigenvalue weighted by Crippen LogP contribution is 2.23. The maximum atomic E-state index is 9.75. The van der Waals surface area contributed by atoms with Crippen molar-refractivity contribution in [2.45, 2.75) is 33.3 Å². The minimum absolute atomic E-state index is 0.400. The lowest BCUT2D eigenvalue weighted by atomic mass is 10.1. The van der Waals surface area contributed by atoms with E-state index in [1.54, 1.807) is 0 Å². The molecule has 0 fully saturated rings. The van der Waals surface area contributed by atoms with Gasteiger partial charge in [0.05, 0.1) is 28.2 Å². The van der Waals surface area contributed by atoms with Gasteiger partial charge in [0.2, 0.25) is 0 Å². The number of aryl methyl sites for hydroxylation is 1. The Bertz CT molecular complexity index is 546. The molecule has 0 saturated heterocycles. The number of rotatable bonds is 3. The van der Waals surface area contributed by atoms with E-state index in [1.165, 1.54) is 0 Å². The van der Waals surface area contributed by atoms with Crippen LogP contribution >= 0.6 is 11.6 Å². The molecule has 1 aromatic heterocycles. The molecule has 3 nitrogen and oxygen atoms in total. The van der Waals surface area contributed by atoms with E-state index < -0.39 is 6.10 Å². The van der Waals surface area contributed by atoms with Gasteiger partial charge in [0.25, 0.3) is 0 Å². The van der Waals surface area contributed by atoms with E-state index >= 15 is 0 Å². The Morgan fingerprint density at radius 3 is 2.33 bits per heavy atom. The first-order chi connectivity index (χ1) is 8.54. The summed E-state index contributed by atoms with van der Waals surface area (Å²) in [7, 11) is 0. The fourth-order valence-electron chi connectivity index (χ4n) is 1.95. The summed E-state index contributed by atoms with van der Waals surface area (Å²) in [6, 6.07) is 7.75.